The molecule has 0 radical (unpaired) electrons. The van der Waals surface area contributed by atoms with E-state index >= 15 is 0 Å². The van der Waals surface area contributed by atoms with Crippen molar-refractivity contribution in [3.8, 4) is 0 Å². The summed E-state index contributed by atoms with van der Waals surface area (Å²) >= 11 is 0. The van der Waals surface area contributed by atoms with Crippen molar-refractivity contribution < 1.29 is 14.4 Å². The summed E-state index contributed by atoms with van der Waals surface area (Å²) < 4.78 is 0. The van der Waals surface area contributed by atoms with Gasteiger partial charge in [-0.1, -0.05) is 0 Å². The summed E-state index contributed by atoms with van der Waals surface area (Å²) in [5.41, 5.74) is 5.09. The van der Waals surface area contributed by atoms with Crippen molar-refractivity contribution in [1.82, 2.24) is 10.6 Å². The number of nitrogens with two attached hydrogens (primary N) is 1. The molecule has 0 aromatic carbocycles. The van der Waals surface area contributed by atoms with Gasteiger partial charge in [0.2, 0.25) is 11.9 Å². The van der Waals surface area contributed by atoms with Crippen molar-refractivity contribution in [3.05, 3.63) is 0 Å². The number of amides is 3. The van der Waals surface area contributed by atoms with Gasteiger partial charge in [0.05, 0.1) is 0 Å². The smallest absolute Gasteiger partial charge is 0.281 e. The number of hydrogen-bond acceptors (Lipinski definition) is 4. The SMILES string of the molecule is CC(=O)NC1C(=O)N=C(N)NC1=O. The van der Waals surface area contributed by atoms with Crippen LogP contribution < -0.4 is 16.4 Å². The molecule has 1 aliphatic heterocycles. The lowest BCUT2D eigenvalue weighted by molar-refractivity contribution is -0.134. The standard InChI is InChI=1S/C6H8N4O3/c1-2(11)8-3-4(12)9-6(7)10-5(3)13/h3H,1H3,(H,8,11)(H3,7,9,10,12,13). The molecule has 7 heteroatoms. The van der Waals surface area contributed by atoms with Crippen LogP contribution in [0, 0.1) is 0 Å². The van der Waals surface area contributed by atoms with Crippen LogP contribution in [-0.2, 0) is 14.4 Å². The Kier molecular flexibility index (Phi) is 2.27. The number of carbonyl (C=O) groups excluding carboxylic acids is 3. The average molecular weight is 184 g/mol. The molecular formula is C6H8N4O3. The minimum atomic E-state index is -1.26. The Balaban J connectivity index is 2.81. The molecule has 0 fully saturated rings. The average Bonchev–Trinajstić information content (AvgIpc) is 1.96. The van der Waals surface area contributed by atoms with E-state index in [-0.39, 0.29) is 5.96 Å². The Morgan fingerprint density at radius 2 is 2.23 bits per heavy atom. The van der Waals surface area contributed by atoms with Crippen LogP contribution in [0.4, 0.5) is 0 Å². The highest BCUT2D eigenvalue weighted by Crippen LogP contribution is 1.94. The van der Waals surface area contributed by atoms with Gasteiger partial charge in [0, 0.05) is 6.92 Å². The summed E-state index contributed by atoms with van der Waals surface area (Å²) in [5, 5.41) is 4.26. The lowest BCUT2D eigenvalue weighted by Gasteiger charge is -2.17. The van der Waals surface area contributed by atoms with E-state index < -0.39 is 23.8 Å². The first kappa shape index (κ1) is 9.17. The van der Waals surface area contributed by atoms with Gasteiger partial charge in [-0.2, -0.15) is 4.99 Å². The third-order valence-corrected chi connectivity index (χ3v) is 1.34. The summed E-state index contributed by atoms with van der Waals surface area (Å²) in [6.45, 7) is 1.20. The van der Waals surface area contributed by atoms with Crippen LogP contribution in [0.25, 0.3) is 0 Å². The van der Waals surface area contributed by atoms with Gasteiger partial charge in [-0.3, -0.25) is 19.7 Å². The number of carbonyl (C=O) groups is 3. The van der Waals surface area contributed by atoms with E-state index in [0.29, 0.717) is 0 Å². The fourth-order valence-corrected chi connectivity index (χ4v) is 0.852. The number of guanidine groups is 1. The van der Waals surface area contributed by atoms with Crippen molar-refractivity contribution in [2.75, 3.05) is 0 Å². The van der Waals surface area contributed by atoms with Gasteiger partial charge in [0.25, 0.3) is 11.8 Å². The van der Waals surface area contributed by atoms with Gasteiger partial charge in [-0.15, -0.1) is 0 Å². The lowest BCUT2D eigenvalue weighted by Crippen LogP contribution is -2.57. The van der Waals surface area contributed by atoms with Crippen molar-refractivity contribution >= 4 is 23.7 Å². The summed E-state index contributed by atoms with van der Waals surface area (Å²) in [6.07, 6.45) is 0. The number of hydrogen-bond donors (Lipinski definition) is 3. The highest BCUT2D eigenvalue weighted by molar-refractivity contribution is 6.18. The molecule has 4 N–H and O–H groups in total. The monoisotopic (exact) mass is 184 g/mol. The predicted octanol–water partition coefficient (Wildman–Crippen LogP) is -2.54. The first-order valence-electron chi connectivity index (χ1n) is 3.46. The second kappa shape index (κ2) is 3.21. The Hall–Kier alpha value is -1.92. The number of nitrogens with zero attached hydrogens (tertiary/aromatic N) is 1. The molecule has 7 nitrogen and oxygen atoms in total. The van der Waals surface area contributed by atoms with E-state index in [1.54, 1.807) is 0 Å². The fraction of sp³-hybridized carbons (Fsp3) is 0.333. The molecule has 0 aliphatic carbocycles. The second-order valence-corrected chi connectivity index (χ2v) is 2.46. The van der Waals surface area contributed by atoms with E-state index in [9.17, 15) is 14.4 Å². The van der Waals surface area contributed by atoms with Gasteiger partial charge in [0.1, 0.15) is 0 Å². The maximum atomic E-state index is 11.0. The first-order valence-corrected chi connectivity index (χ1v) is 3.46. The molecular weight excluding hydrogens is 176 g/mol. The van der Waals surface area contributed by atoms with Crippen LogP contribution in [0.2, 0.25) is 0 Å². The molecule has 1 heterocycles. The van der Waals surface area contributed by atoms with E-state index in [1.807, 2.05) is 0 Å². The zero-order valence-corrected chi connectivity index (χ0v) is 6.83. The summed E-state index contributed by atoms with van der Waals surface area (Å²) in [7, 11) is 0. The molecule has 1 atom stereocenters. The maximum absolute atomic E-state index is 11.0. The highest BCUT2D eigenvalue weighted by atomic mass is 16.2. The molecule has 0 spiro atoms. The Labute approximate surface area is 73.4 Å². The minimum absolute atomic E-state index is 0.253. The van der Waals surface area contributed by atoms with Crippen molar-refractivity contribution in [2.24, 2.45) is 10.7 Å². The number of aliphatic imine (C=N–C) groups is 1. The molecule has 0 aromatic heterocycles. The third kappa shape index (κ3) is 2.01. The zero-order chi connectivity index (χ0) is 10.0. The van der Waals surface area contributed by atoms with E-state index in [4.69, 9.17) is 5.73 Å². The second-order valence-electron chi connectivity index (χ2n) is 2.46. The van der Waals surface area contributed by atoms with Crippen LogP contribution in [0.15, 0.2) is 4.99 Å². The molecule has 13 heavy (non-hydrogen) atoms. The first-order chi connectivity index (χ1) is 6.00. The normalized spacial score (nSPS) is 21.9. The largest absolute Gasteiger partial charge is 0.369 e. The van der Waals surface area contributed by atoms with Crippen molar-refractivity contribution in [2.45, 2.75) is 13.0 Å². The topological polar surface area (TPSA) is 114 Å². The predicted molar refractivity (Wildman–Crippen MR) is 42.4 cm³/mol. The van der Waals surface area contributed by atoms with Gasteiger partial charge in [-0.25, -0.2) is 0 Å². The van der Waals surface area contributed by atoms with Crippen LogP contribution in [-0.4, -0.2) is 29.7 Å². The Bertz CT molecular complexity index is 309. The highest BCUT2D eigenvalue weighted by Gasteiger charge is 2.31. The molecule has 70 valence electrons. The van der Waals surface area contributed by atoms with Gasteiger partial charge in [0.15, 0.2) is 6.04 Å². The van der Waals surface area contributed by atoms with Crippen LogP contribution >= 0.6 is 0 Å². The molecule has 1 unspecified atom stereocenters. The fourth-order valence-electron chi connectivity index (χ4n) is 0.852. The maximum Gasteiger partial charge on any atom is 0.281 e. The van der Waals surface area contributed by atoms with Gasteiger partial charge >= 0.3 is 0 Å². The molecule has 1 aliphatic rings. The van der Waals surface area contributed by atoms with Crippen LogP contribution in [0.1, 0.15) is 6.92 Å². The molecule has 0 saturated heterocycles. The van der Waals surface area contributed by atoms with E-state index in [1.165, 1.54) is 6.92 Å². The quantitative estimate of drug-likeness (QED) is 0.389. The summed E-state index contributed by atoms with van der Waals surface area (Å²) in [4.78, 5) is 35.9. The van der Waals surface area contributed by atoms with Gasteiger partial charge in [-0.05, 0) is 0 Å². The van der Waals surface area contributed by atoms with Crippen LogP contribution in [0.5, 0.6) is 0 Å². The van der Waals surface area contributed by atoms with Gasteiger partial charge < -0.3 is 11.1 Å². The summed E-state index contributed by atoms with van der Waals surface area (Å²) in [6, 6.07) is -1.26. The van der Waals surface area contributed by atoms with Crippen molar-refractivity contribution in [3.63, 3.8) is 0 Å². The molecule has 0 saturated carbocycles. The van der Waals surface area contributed by atoms with E-state index in [0.717, 1.165) is 0 Å². The van der Waals surface area contributed by atoms with E-state index in [2.05, 4.69) is 15.6 Å². The number of nitrogens with one attached hydrogen (secondary N) is 2. The zero-order valence-electron chi connectivity index (χ0n) is 6.83. The molecule has 0 aromatic rings. The summed E-state index contributed by atoms with van der Waals surface area (Å²) in [5.74, 6) is -2.18. The Morgan fingerprint density at radius 3 is 2.69 bits per heavy atom. The third-order valence-electron chi connectivity index (χ3n) is 1.34. The van der Waals surface area contributed by atoms with Crippen molar-refractivity contribution in [1.29, 1.82) is 0 Å². The molecule has 3 amide bonds. The molecule has 1 rings (SSSR count). The number of rotatable bonds is 1. The Morgan fingerprint density at radius 1 is 1.62 bits per heavy atom. The molecule has 0 bridgehead atoms. The van der Waals surface area contributed by atoms with Crippen LogP contribution in [0.3, 0.4) is 0 Å². The lowest BCUT2D eigenvalue weighted by atomic mass is 10.2. The minimum Gasteiger partial charge on any atom is -0.369 e.